The third-order valence-electron chi connectivity index (χ3n) is 6.13. The molecule has 1 rings (SSSR count). The quantitative estimate of drug-likeness (QED) is 0.284. The van der Waals surface area contributed by atoms with Crippen molar-refractivity contribution in [3.8, 4) is 11.5 Å². The van der Waals surface area contributed by atoms with Gasteiger partial charge in [-0.15, -0.1) is 0 Å². The zero-order valence-electron chi connectivity index (χ0n) is 21.0. The topological polar surface area (TPSA) is 82.1 Å². The highest BCUT2D eigenvalue weighted by atomic mass is 16.5. The molecule has 6 heteroatoms. The van der Waals surface area contributed by atoms with E-state index in [1.807, 2.05) is 12.1 Å². The number of unbranched alkanes of at least 4 members (excludes halogenated alkanes) is 1. The summed E-state index contributed by atoms with van der Waals surface area (Å²) >= 11 is 0. The van der Waals surface area contributed by atoms with Crippen molar-refractivity contribution in [3.63, 3.8) is 0 Å². The van der Waals surface area contributed by atoms with Gasteiger partial charge in [0.25, 0.3) is 0 Å². The van der Waals surface area contributed by atoms with Crippen LogP contribution in [0, 0.1) is 0 Å². The lowest BCUT2D eigenvalue weighted by molar-refractivity contribution is -0.141. The van der Waals surface area contributed by atoms with Gasteiger partial charge in [-0.1, -0.05) is 41.0 Å². The molecule has 0 radical (unpaired) electrons. The van der Waals surface area contributed by atoms with E-state index in [1.165, 1.54) is 14.2 Å². The highest BCUT2D eigenvalue weighted by Crippen LogP contribution is 2.44. The Balaban J connectivity index is 3.19. The Morgan fingerprint density at radius 1 is 0.844 bits per heavy atom. The lowest BCUT2D eigenvalue weighted by Crippen LogP contribution is -2.22. The van der Waals surface area contributed by atoms with Gasteiger partial charge in [0.15, 0.2) is 0 Å². The Labute approximate surface area is 193 Å². The van der Waals surface area contributed by atoms with Crippen LogP contribution in [0.1, 0.15) is 97.1 Å². The highest BCUT2D eigenvalue weighted by molar-refractivity contribution is 5.69. The molecule has 0 atom stereocenters. The Bertz CT molecular complexity index is 751. The number of rotatable bonds is 14. The van der Waals surface area contributed by atoms with Gasteiger partial charge in [0.1, 0.15) is 11.5 Å². The Kier molecular flexibility index (Phi) is 11.0. The minimum Gasteiger partial charge on any atom is -0.508 e. The van der Waals surface area contributed by atoms with Crippen LogP contribution in [-0.2, 0) is 29.9 Å². The average Bonchev–Trinajstić information content (AvgIpc) is 2.73. The van der Waals surface area contributed by atoms with Gasteiger partial charge in [0.05, 0.1) is 20.8 Å². The van der Waals surface area contributed by atoms with Gasteiger partial charge < -0.3 is 19.3 Å². The van der Waals surface area contributed by atoms with E-state index in [2.05, 4.69) is 34.6 Å². The highest BCUT2D eigenvalue weighted by Gasteiger charge is 2.30. The molecular formula is C26H42O6. The number of hydrogen-bond acceptors (Lipinski definition) is 6. The largest absolute Gasteiger partial charge is 0.508 e. The first-order valence-corrected chi connectivity index (χ1v) is 11.6. The maximum Gasteiger partial charge on any atom is 0.305 e. The summed E-state index contributed by atoms with van der Waals surface area (Å²) in [6.07, 6.45) is 5.54. The molecule has 1 N–H and O–H groups in total. The van der Waals surface area contributed by atoms with Gasteiger partial charge in [0, 0.05) is 24.0 Å². The van der Waals surface area contributed by atoms with Gasteiger partial charge in [-0.2, -0.15) is 0 Å². The van der Waals surface area contributed by atoms with E-state index in [-0.39, 0.29) is 28.5 Å². The van der Waals surface area contributed by atoms with Crippen LogP contribution in [0.15, 0.2) is 12.1 Å². The summed E-state index contributed by atoms with van der Waals surface area (Å²) in [4.78, 5) is 23.0. The molecule has 182 valence electrons. The van der Waals surface area contributed by atoms with E-state index >= 15 is 0 Å². The molecule has 0 bridgehead atoms. The van der Waals surface area contributed by atoms with Crippen LogP contribution in [0.2, 0.25) is 0 Å². The van der Waals surface area contributed by atoms with Crippen LogP contribution in [0.3, 0.4) is 0 Å². The molecule has 0 aliphatic carbocycles. The van der Waals surface area contributed by atoms with Crippen LogP contribution in [0.25, 0.3) is 0 Å². The van der Waals surface area contributed by atoms with E-state index in [1.54, 1.807) is 0 Å². The van der Waals surface area contributed by atoms with Crippen LogP contribution in [0.4, 0.5) is 0 Å². The summed E-state index contributed by atoms with van der Waals surface area (Å²) < 4.78 is 15.7. The second-order valence-electron chi connectivity index (χ2n) is 9.69. The second kappa shape index (κ2) is 12.7. The first kappa shape index (κ1) is 27.8. The fourth-order valence-electron chi connectivity index (χ4n) is 3.91. The van der Waals surface area contributed by atoms with Crippen molar-refractivity contribution in [3.05, 3.63) is 23.3 Å². The lowest BCUT2D eigenvalue weighted by Gasteiger charge is -2.32. The number of aromatic hydroxyl groups is 1. The third kappa shape index (κ3) is 8.36. The van der Waals surface area contributed by atoms with E-state index in [9.17, 15) is 14.7 Å². The molecule has 0 aliphatic heterocycles. The number of esters is 2. The van der Waals surface area contributed by atoms with E-state index in [0.717, 1.165) is 42.6 Å². The van der Waals surface area contributed by atoms with Crippen molar-refractivity contribution in [2.45, 2.75) is 96.8 Å². The maximum atomic E-state index is 11.5. The van der Waals surface area contributed by atoms with E-state index in [0.29, 0.717) is 32.3 Å². The van der Waals surface area contributed by atoms with Gasteiger partial charge in [-0.05, 0) is 55.1 Å². The van der Waals surface area contributed by atoms with E-state index < -0.39 is 0 Å². The van der Waals surface area contributed by atoms with Crippen molar-refractivity contribution in [2.75, 3.05) is 20.8 Å². The number of phenols is 1. The molecule has 0 fully saturated rings. The number of benzene rings is 1. The van der Waals surface area contributed by atoms with E-state index in [4.69, 9.17) is 14.2 Å². The predicted octanol–water partition coefficient (Wildman–Crippen LogP) is 5.81. The van der Waals surface area contributed by atoms with Crippen LogP contribution in [-0.4, -0.2) is 37.9 Å². The first-order chi connectivity index (χ1) is 15.0. The smallest absolute Gasteiger partial charge is 0.305 e. The molecule has 0 aromatic heterocycles. The molecule has 0 amide bonds. The van der Waals surface area contributed by atoms with Crippen LogP contribution >= 0.6 is 0 Å². The molecule has 0 saturated heterocycles. The summed E-state index contributed by atoms with van der Waals surface area (Å²) in [7, 11) is 2.79. The molecule has 0 saturated carbocycles. The van der Waals surface area contributed by atoms with Gasteiger partial charge in [-0.25, -0.2) is 0 Å². The molecule has 0 spiro atoms. The van der Waals surface area contributed by atoms with Gasteiger partial charge >= 0.3 is 11.9 Å². The fraction of sp³-hybridized carbons (Fsp3) is 0.692. The number of methoxy groups -OCH3 is 2. The molecule has 0 unspecified atom stereocenters. The molecule has 6 nitrogen and oxygen atoms in total. The maximum absolute atomic E-state index is 11.5. The van der Waals surface area contributed by atoms with Crippen molar-refractivity contribution in [2.24, 2.45) is 0 Å². The summed E-state index contributed by atoms with van der Waals surface area (Å²) in [5.41, 5.74) is 1.11. The normalized spacial score (nSPS) is 11.8. The summed E-state index contributed by atoms with van der Waals surface area (Å²) in [5, 5.41) is 11.0. The SMILES string of the molecule is CCCCOc1cc(C(C)(C)CCCC(=O)OC)c(O)cc1C(C)(C)CCCC(=O)OC. The zero-order valence-corrected chi connectivity index (χ0v) is 21.0. The standard InChI is InChI=1S/C26H42O6/c1-8-9-16-32-22-18-19(25(2,3)14-10-12-23(28)30-6)21(27)17-20(22)26(4,5)15-11-13-24(29)31-7/h17-18,27H,8-16H2,1-7H3. The average molecular weight is 451 g/mol. The third-order valence-corrected chi connectivity index (χ3v) is 6.13. The van der Waals surface area contributed by atoms with Crippen molar-refractivity contribution >= 4 is 11.9 Å². The molecule has 32 heavy (non-hydrogen) atoms. The number of hydrogen-bond donors (Lipinski definition) is 1. The minimum atomic E-state index is -0.339. The Hall–Kier alpha value is -2.24. The molecule has 1 aromatic rings. The van der Waals surface area contributed by atoms with Crippen molar-refractivity contribution in [1.82, 2.24) is 0 Å². The molecule has 1 aromatic carbocycles. The number of carbonyl (C=O) groups is 2. The van der Waals surface area contributed by atoms with Crippen LogP contribution in [0.5, 0.6) is 11.5 Å². The predicted molar refractivity (Wildman–Crippen MR) is 126 cm³/mol. The molecule has 0 aliphatic rings. The lowest BCUT2D eigenvalue weighted by atomic mass is 9.75. The monoisotopic (exact) mass is 450 g/mol. The Morgan fingerprint density at radius 2 is 1.34 bits per heavy atom. The number of ether oxygens (including phenoxy) is 3. The van der Waals surface area contributed by atoms with Crippen molar-refractivity contribution in [1.29, 1.82) is 0 Å². The van der Waals surface area contributed by atoms with Gasteiger partial charge in [0.2, 0.25) is 0 Å². The minimum absolute atomic E-state index is 0.216. The summed E-state index contributed by atoms with van der Waals surface area (Å²) in [6, 6.07) is 3.78. The zero-order chi connectivity index (χ0) is 24.4. The fourth-order valence-corrected chi connectivity index (χ4v) is 3.91. The second-order valence-corrected chi connectivity index (χ2v) is 9.69. The van der Waals surface area contributed by atoms with Crippen molar-refractivity contribution < 1.29 is 28.9 Å². The number of phenolic OH excluding ortho intramolecular Hbond substituents is 1. The van der Waals surface area contributed by atoms with Crippen LogP contribution < -0.4 is 4.74 Å². The number of carbonyl (C=O) groups excluding carboxylic acids is 2. The summed E-state index contributed by atoms with van der Waals surface area (Å²) in [6.45, 7) is 11.1. The molecular weight excluding hydrogens is 408 g/mol. The summed E-state index contributed by atoms with van der Waals surface area (Å²) in [5.74, 6) is 0.562. The Morgan fingerprint density at radius 3 is 1.81 bits per heavy atom. The van der Waals surface area contributed by atoms with Gasteiger partial charge in [-0.3, -0.25) is 9.59 Å². The first-order valence-electron chi connectivity index (χ1n) is 11.6. The molecule has 0 heterocycles.